The summed E-state index contributed by atoms with van der Waals surface area (Å²) in [6.07, 6.45) is 0.675. The van der Waals surface area contributed by atoms with Crippen molar-refractivity contribution in [3.8, 4) is 0 Å². The number of nitrogens with zero attached hydrogens (tertiary/aromatic N) is 2. The summed E-state index contributed by atoms with van der Waals surface area (Å²) in [5.74, 6) is 0. The molecular weight excluding hydrogens is 278 g/mol. The zero-order valence-corrected chi connectivity index (χ0v) is 12.5. The van der Waals surface area contributed by atoms with E-state index >= 15 is 0 Å². The molecule has 0 saturated carbocycles. The van der Waals surface area contributed by atoms with E-state index in [1.807, 2.05) is 19.9 Å². The monoisotopic (exact) mass is 295 g/mol. The molecule has 1 unspecified atom stereocenters. The van der Waals surface area contributed by atoms with Crippen LogP contribution < -0.4 is 10.2 Å². The predicted molar refractivity (Wildman–Crippen MR) is 80.9 cm³/mol. The highest BCUT2D eigenvalue weighted by Gasteiger charge is 2.40. The van der Waals surface area contributed by atoms with Crippen LogP contribution in [-0.4, -0.2) is 29.4 Å². The van der Waals surface area contributed by atoms with E-state index in [2.05, 4.69) is 5.32 Å². The second kappa shape index (κ2) is 5.34. The van der Waals surface area contributed by atoms with Gasteiger partial charge in [-0.15, -0.1) is 0 Å². The third-order valence-corrected chi connectivity index (χ3v) is 3.88. The lowest BCUT2D eigenvalue weighted by atomic mass is 10.1. The summed E-state index contributed by atoms with van der Waals surface area (Å²) >= 11 is 5.32. The Morgan fingerprint density at radius 2 is 2.25 bits per heavy atom. The minimum atomic E-state index is -0.692. The van der Waals surface area contributed by atoms with Crippen LogP contribution in [0.3, 0.4) is 0 Å². The highest BCUT2D eigenvalue weighted by atomic mass is 32.1. The zero-order valence-electron chi connectivity index (χ0n) is 11.7. The maximum Gasteiger partial charge on any atom is 0.293 e. The summed E-state index contributed by atoms with van der Waals surface area (Å²) in [7, 11) is 1.58. The second-order valence-electron chi connectivity index (χ2n) is 4.95. The molecule has 1 aliphatic heterocycles. The maximum absolute atomic E-state index is 11.3. The molecule has 7 heteroatoms. The van der Waals surface area contributed by atoms with Gasteiger partial charge in [0.2, 0.25) is 0 Å². The molecule has 0 spiro atoms. The van der Waals surface area contributed by atoms with Crippen LogP contribution in [0.1, 0.15) is 18.9 Å². The molecule has 0 aliphatic carbocycles. The van der Waals surface area contributed by atoms with Gasteiger partial charge in [0, 0.05) is 26.1 Å². The van der Waals surface area contributed by atoms with Crippen molar-refractivity contribution >= 4 is 28.7 Å². The molecule has 0 aromatic heterocycles. The quantitative estimate of drug-likeness (QED) is 0.524. The third kappa shape index (κ3) is 2.46. The van der Waals surface area contributed by atoms with Crippen LogP contribution in [0.5, 0.6) is 0 Å². The van der Waals surface area contributed by atoms with Gasteiger partial charge in [-0.3, -0.25) is 15.0 Å². The molecule has 1 fully saturated rings. The Balaban J connectivity index is 2.58. The van der Waals surface area contributed by atoms with Gasteiger partial charge in [-0.25, -0.2) is 0 Å². The summed E-state index contributed by atoms with van der Waals surface area (Å²) in [5.41, 5.74) is 0.611. The van der Waals surface area contributed by atoms with E-state index in [0.29, 0.717) is 23.8 Å². The normalized spacial score (nSPS) is 22.6. The SMILES string of the molecule is COC1(C)CCNC(=S)N1c1ccc(C)cc1[N+](=O)[O-]. The predicted octanol–water partition coefficient (Wildman–Crippen LogP) is 2.35. The first kappa shape index (κ1) is 14.7. The third-order valence-electron chi connectivity index (χ3n) is 3.55. The zero-order chi connectivity index (χ0) is 14.9. The van der Waals surface area contributed by atoms with Crippen molar-refractivity contribution < 1.29 is 9.66 Å². The Morgan fingerprint density at radius 1 is 1.55 bits per heavy atom. The largest absolute Gasteiger partial charge is 0.362 e. The van der Waals surface area contributed by atoms with E-state index in [1.54, 1.807) is 24.1 Å². The Bertz CT molecular complexity index is 564. The van der Waals surface area contributed by atoms with Gasteiger partial charge in [-0.05, 0) is 37.7 Å². The fourth-order valence-corrected chi connectivity index (χ4v) is 2.73. The van der Waals surface area contributed by atoms with Gasteiger partial charge >= 0.3 is 0 Å². The number of methoxy groups -OCH3 is 1. The number of aryl methyl sites for hydroxylation is 1. The molecule has 1 aromatic carbocycles. The number of ether oxygens (including phenoxy) is 1. The smallest absolute Gasteiger partial charge is 0.293 e. The van der Waals surface area contributed by atoms with Gasteiger partial charge in [0.1, 0.15) is 11.4 Å². The van der Waals surface area contributed by atoms with Crippen LogP contribution in [-0.2, 0) is 4.74 Å². The minimum absolute atomic E-state index is 0.0272. The summed E-state index contributed by atoms with van der Waals surface area (Å²) in [6, 6.07) is 5.09. The van der Waals surface area contributed by atoms with E-state index in [4.69, 9.17) is 17.0 Å². The number of hydrogen-bond donors (Lipinski definition) is 1. The number of nitro benzene ring substituents is 1. The molecule has 1 aliphatic rings. The standard InChI is InChI=1S/C13H17N3O3S/c1-9-4-5-10(11(8-9)16(17)18)15-12(20)14-7-6-13(15,2)19-3/h4-5,8H,6-7H2,1-3H3,(H,14,20). The van der Waals surface area contributed by atoms with Crippen LogP contribution in [0.2, 0.25) is 0 Å². The maximum atomic E-state index is 11.3. The molecule has 1 aromatic rings. The van der Waals surface area contributed by atoms with Gasteiger partial charge in [0.25, 0.3) is 5.69 Å². The fourth-order valence-electron chi connectivity index (χ4n) is 2.33. The summed E-state index contributed by atoms with van der Waals surface area (Å²) in [4.78, 5) is 12.6. The summed E-state index contributed by atoms with van der Waals surface area (Å²) < 4.78 is 5.56. The van der Waals surface area contributed by atoms with Crippen molar-refractivity contribution in [1.29, 1.82) is 0 Å². The second-order valence-corrected chi connectivity index (χ2v) is 5.33. The Labute approximate surface area is 122 Å². The van der Waals surface area contributed by atoms with Crippen molar-refractivity contribution in [1.82, 2.24) is 5.32 Å². The molecule has 1 heterocycles. The Hall–Kier alpha value is -1.73. The van der Waals surface area contributed by atoms with Gasteiger partial charge in [0.15, 0.2) is 5.11 Å². The summed E-state index contributed by atoms with van der Waals surface area (Å²) in [5, 5.41) is 14.8. The Morgan fingerprint density at radius 3 is 2.85 bits per heavy atom. The first-order valence-corrected chi connectivity index (χ1v) is 6.68. The molecule has 0 amide bonds. The number of benzene rings is 1. The molecule has 1 atom stereocenters. The lowest BCUT2D eigenvalue weighted by Gasteiger charge is -2.44. The molecule has 6 nitrogen and oxygen atoms in total. The van der Waals surface area contributed by atoms with Gasteiger partial charge in [-0.1, -0.05) is 6.07 Å². The van der Waals surface area contributed by atoms with Gasteiger partial charge < -0.3 is 10.1 Å². The van der Waals surface area contributed by atoms with Crippen molar-refractivity contribution in [2.45, 2.75) is 26.0 Å². The number of anilines is 1. The van der Waals surface area contributed by atoms with Crippen molar-refractivity contribution in [3.63, 3.8) is 0 Å². The average Bonchev–Trinajstić information content (AvgIpc) is 2.40. The molecule has 1 saturated heterocycles. The molecule has 1 N–H and O–H groups in total. The molecule has 20 heavy (non-hydrogen) atoms. The first-order chi connectivity index (χ1) is 9.39. The lowest BCUT2D eigenvalue weighted by Crippen LogP contribution is -2.60. The first-order valence-electron chi connectivity index (χ1n) is 6.27. The lowest BCUT2D eigenvalue weighted by molar-refractivity contribution is -0.384. The van der Waals surface area contributed by atoms with Crippen LogP contribution >= 0.6 is 12.2 Å². The number of nitrogens with one attached hydrogen (secondary N) is 1. The van der Waals surface area contributed by atoms with E-state index in [0.717, 1.165) is 5.56 Å². The summed E-state index contributed by atoms with van der Waals surface area (Å²) in [6.45, 7) is 4.38. The van der Waals surface area contributed by atoms with Crippen LogP contribution in [0.4, 0.5) is 11.4 Å². The number of nitro groups is 1. The van der Waals surface area contributed by atoms with E-state index < -0.39 is 10.6 Å². The number of rotatable bonds is 3. The van der Waals surface area contributed by atoms with Crippen LogP contribution in [0, 0.1) is 17.0 Å². The van der Waals surface area contributed by atoms with Gasteiger partial charge in [0.05, 0.1) is 4.92 Å². The minimum Gasteiger partial charge on any atom is -0.362 e. The number of thiocarbonyl (C=S) groups is 1. The molecule has 0 radical (unpaired) electrons. The highest BCUT2D eigenvalue weighted by molar-refractivity contribution is 7.80. The molecule has 108 valence electrons. The Kier molecular flexibility index (Phi) is 3.92. The van der Waals surface area contributed by atoms with E-state index in [-0.39, 0.29) is 5.69 Å². The number of hydrogen-bond acceptors (Lipinski definition) is 4. The molecule has 2 rings (SSSR count). The van der Waals surface area contributed by atoms with Crippen molar-refractivity contribution in [3.05, 3.63) is 33.9 Å². The average molecular weight is 295 g/mol. The van der Waals surface area contributed by atoms with Crippen molar-refractivity contribution in [2.24, 2.45) is 0 Å². The fraction of sp³-hybridized carbons (Fsp3) is 0.462. The molecule has 0 bridgehead atoms. The topological polar surface area (TPSA) is 67.6 Å². The van der Waals surface area contributed by atoms with Gasteiger partial charge in [-0.2, -0.15) is 0 Å². The van der Waals surface area contributed by atoms with Crippen LogP contribution in [0.25, 0.3) is 0 Å². The molecular formula is C13H17N3O3S. The van der Waals surface area contributed by atoms with Crippen molar-refractivity contribution in [2.75, 3.05) is 18.6 Å². The van der Waals surface area contributed by atoms with E-state index in [9.17, 15) is 10.1 Å². The van der Waals surface area contributed by atoms with E-state index in [1.165, 1.54) is 0 Å². The highest BCUT2D eigenvalue weighted by Crippen LogP contribution is 2.36. The van der Waals surface area contributed by atoms with Crippen LogP contribution in [0.15, 0.2) is 18.2 Å².